The van der Waals surface area contributed by atoms with Crippen molar-refractivity contribution in [2.45, 2.75) is 13.8 Å². The molecule has 0 saturated carbocycles. The molecular formula is C16H12F2N2OS. The van der Waals surface area contributed by atoms with Gasteiger partial charge >= 0.3 is 0 Å². The molecule has 112 valence electrons. The van der Waals surface area contributed by atoms with E-state index in [9.17, 15) is 13.6 Å². The van der Waals surface area contributed by atoms with Gasteiger partial charge in [0.25, 0.3) is 5.91 Å². The molecule has 1 N–H and O–H groups in total. The first-order valence-electron chi connectivity index (χ1n) is 6.58. The number of thiazole rings is 1. The summed E-state index contributed by atoms with van der Waals surface area (Å²) in [5.74, 6) is -2.17. The smallest absolute Gasteiger partial charge is 0.257 e. The molecule has 0 unspecified atom stereocenters. The Morgan fingerprint density at radius 2 is 1.86 bits per heavy atom. The fraction of sp³-hybridized carbons (Fsp3) is 0.125. The van der Waals surface area contributed by atoms with Gasteiger partial charge in [-0.05, 0) is 31.5 Å². The highest BCUT2D eigenvalue weighted by Crippen LogP contribution is 2.28. The molecule has 6 heteroatoms. The molecule has 0 spiro atoms. The lowest BCUT2D eigenvalue weighted by Gasteiger charge is -2.06. The van der Waals surface area contributed by atoms with Crippen LogP contribution in [0.5, 0.6) is 0 Å². The van der Waals surface area contributed by atoms with Crippen LogP contribution in [0.1, 0.15) is 21.5 Å². The number of nitrogens with zero attached hydrogens (tertiary/aromatic N) is 1. The van der Waals surface area contributed by atoms with Crippen molar-refractivity contribution in [2.24, 2.45) is 0 Å². The number of aromatic nitrogens is 1. The molecule has 22 heavy (non-hydrogen) atoms. The minimum absolute atomic E-state index is 0.291. The van der Waals surface area contributed by atoms with Gasteiger partial charge in [-0.2, -0.15) is 0 Å². The molecule has 0 radical (unpaired) electrons. The van der Waals surface area contributed by atoms with Crippen molar-refractivity contribution in [1.29, 1.82) is 0 Å². The van der Waals surface area contributed by atoms with Crippen LogP contribution in [0, 0.1) is 25.5 Å². The number of halogens is 2. The van der Waals surface area contributed by atoms with Crippen LogP contribution < -0.4 is 5.32 Å². The van der Waals surface area contributed by atoms with E-state index in [0.29, 0.717) is 20.9 Å². The fourth-order valence-corrected chi connectivity index (χ4v) is 2.99. The van der Waals surface area contributed by atoms with Crippen molar-refractivity contribution in [3.8, 4) is 0 Å². The van der Waals surface area contributed by atoms with Gasteiger partial charge in [-0.3, -0.25) is 10.1 Å². The first kappa shape index (κ1) is 14.6. The number of rotatable bonds is 2. The largest absolute Gasteiger partial charge is 0.298 e. The SMILES string of the molecule is Cc1ccc(C)c(C(=O)Nc2nc3cc(F)c(F)cc3s2)c1. The maximum Gasteiger partial charge on any atom is 0.257 e. The van der Waals surface area contributed by atoms with Crippen LogP contribution in [0.3, 0.4) is 0 Å². The summed E-state index contributed by atoms with van der Waals surface area (Å²) in [7, 11) is 0. The van der Waals surface area contributed by atoms with Crippen LogP contribution in [0.15, 0.2) is 30.3 Å². The van der Waals surface area contributed by atoms with E-state index in [2.05, 4.69) is 10.3 Å². The second kappa shape index (κ2) is 5.46. The van der Waals surface area contributed by atoms with Crippen molar-refractivity contribution < 1.29 is 13.6 Å². The maximum absolute atomic E-state index is 13.2. The first-order valence-corrected chi connectivity index (χ1v) is 7.40. The zero-order valence-electron chi connectivity index (χ0n) is 11.9. The minimum Gasteiger partial charge on any atom is -0.298 e. The average molecular weight is 318 g/mol. The van der Waals surface area contributed by atoms with E-state index < -0.39 is 11.6 Å². The highest BCUT2D eigenvalue weighted by atomic mass is 32.1. The predicted octanol–water partition coefficient (Wildman–Crippen LogP) is 4.44. The summed E-state index contributed by atoms with van der Waals surface area (Å²) in [5.41, 5.74) is 2.70. The van der Waals surface area contributed by atoms with Crippen LogP contribution in [-0.4, -0.2) is 10.9 Å². The van der Waals surface area contributed by atoms with E-state index in [-0.39, 0.29) is 5.91 Å². The fourth-order valence-electron chi connectivity index (χ4n) is 2.12. The molecule has 0 aliphatic carbocycles. The third-order valence-electron chi connectivity index (χ3n) is 3.29. The molecule has 3 rings (SSSR count). The molecule has 3 nitrogen and oxygen atoms in total. The normalized spacial score (nSPS) is 10.9. The van der Waals surface area contributed by atoms with Crippen molar-refractivity contribution in [2.75, 3.05) is 5.32 Å². The molecule has 0 saturated heterocycles. The van der Waals surface area contributed by atoms with Gasteiger partial charge in [0.05, 0.1) is 10.2 Å². The van der Waals surface area contributed by atoms with Gasteiger partial charge in [-0.25, -0.2) is 13.8 Å². The number of hydrogen-bond donors (Lipinski definition) is 1. The van der Waals surface area contributed by atoms with E-state index in [0.717, 1.165) is 34.6 Å². The van der Waals surface area contributed by atoms with Gasteiger partial charge in [0.2, 0.25) is 0 Å². The van der Waals surface area contributed by atoms with E-state index >= 15 is 0 Å². The number of amides is 1. The standard InChI is InChI=1S/C16H12F2N2OS/c1-8-3-4-9(2)10(5-8)15(21)20-16-19-13-6-11(17)12(18)7-14(13)22-16/h3-7H,1-2H3,(H,19,20,21). The lowest BCUT2D eigenvalue weighted by atomic mass is 10.1. The minimum atomic E-state index is -0.954. The summed E-state index contributed by atoms with van der Waals surface area (Å²) < 4.78 is 26.9. The topological polar surface area (TPSA) is 42.0 Å². The van der Waals surface area contributed by atoms with Gasteiger partial charge in [0.15, 0.2) is 16.8 Å². The number of fused-ring (bicyclic) bond motifs is 1. The van der Waals surface area contributed by atoms with Crippen LogP contribution in [-0.2, 0) is 0 Å². The second-order valence-electron chi connectivity index (χ2n) is 5.03. The summed E-state index contributed by atoms with van der Waals surface area (Å²) in [6, 6.07) is 7.69. The molecule has 0 aliphatic heterocycles. The average Bonchev–Trinajstić information content (AvgIpc) is 2.83. The lowest BCUT2D eigenvalue weighted by molar-refractivity contribution is 0.102. The van der Waals surface area contributed by atoms with Gasteiger partial charge in [-0.1, -0.05) is 29.0 Å². The Hall–Kier alpha value is -2.34. The van der Waals surface area contributed by atoms with Gasteiger partial charge < -0.3 is 0 Å². The Morgan fingerprint density at radius 1 is 1.14 bits per heavy atom. The molecule has 1 amide bonds. The monoisotopic (exact) mass is 318 g/mol. The number of anilines is 1. The second-order valence-corrected chi connectivity index (χ2v) is 6.06. The molecule has 1 heterocycles. The molecule has 0 aliphatic rings. The van der Waals surface area contributed by atoms with Crippen LogP contribution in [0.4, 0.5) is 13.9 Å². The summed E-state index contributed by atoms with van der Waals surface area (Å²) in [6.45, 7) is 3.75. The van der Waals surface area contributed by atoms with Crippen molar-refractivity contribution in [3.05, 3.63) is 58.7 Å². The molecular weight excluding hydrogens is 306 g/mol. The van der Waals surface area contributed by atoms with Gasteiger partial charge in [-0.15, -0.1) is 0 Å². The molecule has 0 atom stereocenters. The highest BCUT2D eigenvalue weighted by molar-refractivity contribution is 7.22. The van der Waals surface area contributed by atoms with Crippen molar-refractivity contribution in [1.82, 2.24) is 4.98 Å². The Labute approximate surface area is 129 Å². The lowest BCUT2D eigenvalue weighted by Crippen LogP contribution is -2.13. The molecule has 0 fully saturated rings. The van der Waals surface area contributed by atoms with Crippen LogP contribution in [0.25, 0.3) is 10.2 Å². The van der Waals surface area contributed by atoms with Crippen LogP contribution >= 0.6 is 11.3 Å². The summed E-state index contributed by atoms with van der Waals surface area (Å²) in [5, 5.41) is 2.99. The Bertz CT molecular complexity index is 850. The highest BCUT2D eigenvalue weighted by Gasteiger charge is 2.14. The summed E-state index contributed by atoms with van der Waals surface area (Å²) >= 11 is 1.10. The van der Waals surface area contributed by atoms with Crippen LogP contribution in [0.2, 0.25) is 0 Å². The number of aryl methyl sites for hydroxylation is 2. The number of hydrogen-bond acceptors (Lipinski definition) is 3. The quantitative estimate of drug-likeness (QED) is 0.759. The van der Waals surface area contributed by atoms with Crippen molar-refractivity contribution in [3.63, 3.8) is 0 Å². The number of carbonyl (C=O) groups excluding carboxylic acids is 1. The number of benzene rings is 2. The number of carbonyl (C=O) groups is 1. The van der Waals surface area contributed by atoms with E-state index in [1.165, 1.54) is 0 Å². The van der Waals surface area contributed by atoms with Gasteiger partial charge in [0, 0.05) is 11.6 Å². The summed E-state index contributed by atoms with van der Waals surface area (Å²) in [4.78, 5) is 16.4. The van der Waals surface area contributed by atoms with Crippen molar-refractivity contribution >= 4 is 32.6 Å². The third kappa shape index (κ3) is 2.69. The zero-order valence-corrected chi connectivity index (χ0v) is 12.7. The maximum atomic E-state index is 13.2. The third-order valence-corrected chi connectivity index (χ3v) is 4.22. The first-order chi connectivity index (χ1) is 10.4. The van der Waals surface area contributed by atoms with E-state index in [1.54, 1.807) is 6.07 Å². The Kier molecular flexibility index (Phi) is 3.62. The zero-order chi connectivity index (χ0) is 15.9. The van der Waals surface area contributed by atoms with Gasteiger partial charge in [0.1, 0.15) is 0 Å². The number of nitrogens with one attached hydrogen (secondary N) is 1. The Morgan fingerprint density at radius 3 is 2.64 bits per heavy atom. The molecule has 2 aromatic carbocycles. The summed E-state index contributed by atoms with van der Waals surface area (Å²) in [6.07, 6.45) is 0. The molecule has 3 aromatic rings. The molecule has 1 aromatic heterocycles. The van der Waals surface area contributed by atoms with E-state index in [1.807, 2.05) is 26.0 Å². The predicted molar refractivity (Wildman–Crippen MR) is 83.4 cm³/mol. The molecule has 0 bridgehead atoms. The van der Waals surface area contributed by atoms with E-state index in [4.69, 9.17) is 0 Å². The Balaban J connectivity index is 1.92.